The first-order valence-corrected chi connectivity index (χ1v) is 5.81. The predicted molar refractivity (Wildman–Crippen MR) is 65.8 cm³/mol. The van der Waals surface area contributed by atoms with Crippen molar-refractivity contribution in [3.05, 3.63) is 35.7 Å². The van der Waals surface area contributed by atoms with Gasteiger partial charge in [0.2, 0.25) is 0 Å². The van der Waals surface area contributed by atoms with E-state index in [2.05, 4.69) is 15.4 Å². The van der Waals surface area contributed by atoms with E-state index in [0.717, 1.165) is 16.1 Å². The van der Waals surface area contributed by atoms with E-state index >= 15 is 0 Å². The molecule has 1 aromatic carbocycles. The monoisotopic (exact) mass is 262 g/mol. The second-order valence-electron chi connectivity index (χ2n) is 4.04. The zero-order valence-corrected chi connectivity index (χ0v) is 10.5. The zero-order chi connectivity index (χ0) is 13.7. The predicted octanol–water partition coefficient (Wildman–Crippen LogP) is 0.688. The lowest BCUT2D eigenvalue weighted by Gasteiger charge is -2.04. The summed E-state index contributed by atoms with van der Waals surface area (Å²) in [7, 11) is 0. The van der Waals surface area contributed by atoms with Gasteiger partial charge in [-0.05, 0) is 29.8 Å². The summed E-state index contributed by atoms with van der Waals surface area (Å²) in [5, 5.41) is 19.9. The van der Waals surface area contributed by atoms with E-state index in [9.17, 15) is 4.79 Å². The molecule has 2 rings (SSSR count). The third-order valence-electron chi connectivity index (χ3n) is 2.35. The summed E-state index contributed by atoms with van der Waals surface area (Å²) < 4.78 is 5.55. The molecule has 0 spiro atoms. The van der Waals surface area contributed by atoms with Gasteiger partial charge < -0.3 is 9.84 Å². The number of ether oxygens (including phenoxy) is 1. The van der Waals surface area contributed by atoms with Crippen molar-refractivity contribution in [1.82, 2.24) is 20.2 Å². The van der Waals surface area contributed by atoms with Crippen LogP contribution in [0.1, 0.15) is 11.4 Å². The lowest BCUT2D eigenvalue weighted by Crippen LogP contribution is -2.12. The first-order chi connectivity index (χ1) is 9.13. The van der Waals surface area contributed by atoms with Crippen LogP contribution in [-0.2, 0) is 17.8 Å². The number of hydrogen-bond acceptors (Lipinski definition) is 5. The molecule has 0 bridgehead atoms. The van der Waals surface area contributed by atoms with Crippen LogP contribution in [0.15, 0.2) is 24.3 Å². The van der Waals surface area contributed by atoms with Crippen molar-refractivity contribution < 1.29 is 14.6 Å². The van der Waals surface area contributed by atoms with Crippen LogP contribution in [0, 0.1) is 6.92 Å². The summed E-state index contributed by atoms with van der Waals surface area (Å²) in [6.07, 6.45) is 0.480. The maximum absolute atomic E-state index is 10.5. The van der Waals surface area contributed by atoms with Crippen LogP contribution in [0.5, 0.6) is 5.75 Å². The molecule has 0 atom stereocenters. The van der Waals surface area contributed by atoms with Gasteiger partial charge in [0.15, 0.2) is 12.4 Å². The third kappa shape index (κ3) is 4.06. The van der Waals surface area contributed by atoms with E-state index in [4.69, 9.17) is 9.84 Å². The lowest BCUT2D eigenvalue weighted by molar-refractivity contribution is -0.138. The number of tetrazole rings is 1. The summed E-state index contributed by atoms with van der Waals surface area (Å²) in [5.41, 5.74) is 1.13. The maximum atomic E-state index is 10.5. The average molecular weight is 262 g/mol. The standard InChI is InChI=1S/C12H14N4O3/c1-9-3-2-4-10(7-9)19-6-5-11-13-15-16(14-11)8-12(17)18/h2-4,7H,5-6,8H2,1H3,(H,17,18). The van der Waals surface area contributed by atoms with Gasteiger partial charge in [-0.25, -0.2) is 0 Å². The van der Waals surface area contributed by atoms with Crippen molar-refractivity contribution in [2.75, 3.05) is 6.61 Å². The third-order valence-corrected chi connectivity index (χ3v) is 2.35. The minimum absolute atomic E-state index is 0.286. The van der Waals surface area contributed by atoms with Gasteiger partial charge >= 0.3 is 5.97 Å². The van der Waals surface area contributed by atoms with E-state index in [1.54, 1.807) is 0 Å². The second-order valence-corrected chi connectivity index (χ2v) is 4.04. The molecular formula is C12H14N4O3. The molecule has 1 heterocycles. The highest BCUT2D eigenvalue weighted by Crippen LogP contribution is 2.12. The molecular weight excluding hydrogens is 248 g/mol. The Bertz CT molecular complexity index is 568. The molecule has 0 unspecified atom stereocenters. The smallest absolute Gasteiger partial charge is 0.327 e. The van der Waals surface area contributed by atoms with E-state index in [1.165, 1.54) is 0 Å². The lowest BCUT2D eigenvalue weighted by atomic mass is 10.2. The molecule has 0 aliphatic heterocycles. The number of carboxylic acid groups (broad SMARTS) is 1. The molecule has 0 fully saturated rings. The number of carbonyl (C=O) groups is 1. The molecule has 0 saturated heterocycles. The van der Waals surface area contributed by atoms with Crippen LogP contribution in [0.25, 0.3) is 0 Å². The number of aryl methyl sites for hydroxylation is 1. The average Bonchev–Trinajstić information content (AvgIpc) is 2.76. The number of aliphatic carboxylic acids is 1. The molecule has 0 saturated carbocycles. The Hall–Kier alpha value is -2.44. The van der Waals surface area contributed by atoms with Gasteiger partial charge in [-0.2, -0.15) is 4.80 Å². The Kier molecular flexibility index (Phi) is 4.07. The van der Waals surface area contributed by atoms with Crippen LogP contribution >= 0.6 is 0 Å². The molecule has 7 nitrogen and oxygen atoms in total. The Balaban J connectivity index is 1.82. The van der Waals surface area contributed by atoms with E-state index < -0.39 is 5.97 Å². The zero-order valence-electron chi connectivity index (χ0n) is 10.5. The Morgan fingerprint density at radius 1 is 1.47 bits per heavy atom. The quantitative estimate of drug-likeness (QED) is 0.823. The Morgan fingerprint density at radius 3 is 3.05 bits per heavy atom. The number of aromatic nitrogens is 4. The fraction of sp³-hybridized carbons (Fsp3) is 0.333. The highest BCUT2D eigenvalue weighted by Gasteiger charge is 2.06. The summed E-state index contributed by atoms with van der Waals surface area (Å²) in [5.74, 6) is 0.256. The number of hydrogen-bond donors (Lipinski definition) is 1. The van der Waals surface area contributed by atoms with Crippen LogP contribution in [-0.4, -0.2) is 37.9 Å². The van der Waals surface area contributed by atoms with Crippen LogP contribution in [0.3, 0.4) is 0 Å². The minimum atomic E-state index is -1.00. The van der Waals surface area contributed by atoms with Gasteiger partial charge in [0.1, 0.15) is 5.75 Å². The van der Waals surface area contributed by atoms with Crippen LogP contribution in [0.2, 0.25) is 0 Å². The summed E-state index contributed by atoms with van der Waals surface area (Å²) >= 11 is 0. The van der Waals surface area contributed by atoms with E-state index in [1.807, 2.05) is 31.2 Å². The Morgan fingerprint density at radius 2 is 2.32 bits per heavy atom. The van der Waals surface area contributed by atoms with Crippen LogP contribution < -0.4 is 4.74 Å². The first kappa shape index (κ1) is 13.0. The van der Waals surface area contributed by atoms with Gasteiger partial charge in [-0.3, -0.25) is 4.79 Å². The molecule has 19 heavy (non-hydrogen) atoms. The van der Waals surface area contributed by atoms with E-state index in [0.29, 0.717) is 18.9 Å². The molecule has 7 heteroatoms. The summed E-state index contributed by atoms with van der Waals surface area (Å²) in [6.45, 7) is 2.12. The van der Waals surface area contributed by atoms with Crippen molar-refractivity contribution in [3.8, 4) is 5.75 Å². The molecule has 0 aliphatic rings. The van der Waals surface area contributed by atoms with Gasteiger partial charge in [0, 0.05) is 6.42 Å². The maximum Gasteiger partial charge on any atom is 0.327 e. The number of rotatable bonds is 6. The van der Waals surface area contributed by atoms with Crippen molar-refractivity contribution >= 4 is 5.97 Å². The number of benzene rings is 1. The molecule has 100 valence electrons. The molecule has 0 aliphatic carbocycles. The van der Waals surface area contributed by atoms with Gasteiger partial charge in [-0.1, -0.05) is 12.1 Å². The van der Waals surface area contributed by atoms with E-state index in [-0.39, 0.29) is 6.54 Å². The van der Waals surface area contributed by atoms with Crippen LogP contribution in [0.4, 0.5) is 0 Å². The van der Waals surface area contributed by atoms with Gasteiger partial charge in [-0.15, -0.1) is 10.2 Å². The highest BCUT2D eigenvalue weighted by molar-refractivity contribution is 5.66. The molecule has 2 aromatic rings. The van der Waals surface area contributed by atoms with Crippen molar-refractivity contribution in [2.24, 2.45) is 0 Å². The fourth-order valence-electron chi connectivity index (χ4n) is 1.53. The summed E-state index contributed by atoms with van der Waals surface area (Å²) in [6, 6.07) is 7.73. The minimum Gasteiger partial charge on any atom is -0.493 e. The normalized spacial score (nSPS) is 10.4. The fourth-order valence-corrected chi connectivity index (χ4v) is 1.53. The molecule has 1 N–H and O–H groups in total. The Labute approximate surface area is 109 Å². The topological polar surface area (TPSA) is 90.1 Å². The molecule has 1 aromatic heterocycles. The molecule has 0 amide bonds. The second kappa shape index (κ2) is 5.94. The van der Waals surface area contributed by atoms with Crippen molar-refractivity contribution in [1.29, 1.82) is 0 Å². The summed E-state index contributed by atoms with van der Waals surface area (Å²) in [4.78, 5) is 11.5. The van der Waals surface area contributed by atoms with Crippen molar-refractivity contribution in [3.63, 3.8) is 0 Å². The number of carboxylic acids is 1. The molecule has 0 radical (unpaired) electrons. The van der Waals surface area contributed by atoms with Gasteiger partial charge in [0.25, 0.3) is 0 Å². The SMILES string of the molecule is Cc1cccc(OCCc2nnn(CC(=O)O)n2)c1. The highest BCUT2D eigenvalue weighted by atomic mass is 16.5. The number of nitrogens with zero attached hydrogens (tertiary/aromatic N) is 4. The van der Waals surface area contributed by atoms with Crippen molar-refractivity contribution in [2.45, 2.75) is 19.9 Å². The first-order valence-electron chi connectivity index (χ1n) is 5.81. The largest absolute Gasteiger partial charge is 0.493 e. The van der Waals surface area contributed by atoms with Gasteiger partial charge in [0.05, 0.1) is 6.61 Å².